The minimum absolute atomic E-state index is 0.00711. The van der Waals surface area contributed by atoms with Crippen LogP contribution >= 0.6 is 11.6 Å². The second kappa shape index (κ2) is 18.2. The number of hydrogen-bond donors (Lipinski definition) is 3. The highest BCUT2D eigenvalue weighted by molar-refractivity contribution is 7.90. The summed E-state index contributed by atoms with van der Waals surface area (Å²) in [6.07, 6.45) is 7.82. The molecule has 0 bridgehead atoms. The monoisotopic (exact) mass is 891 g/mol. The van der Waals surface area contributed by atoms with Gasteiger partial charge in [0, 0.05) is 72.0 Å². The number of carbonyl (C=O) groups is 2. The average Bonchev–Trinajstić information content (AvgIpc) is 3.83. The molecule has 1 amide bonds. The van der Waals surface area contributed by atoms with Crippen LogP contribution in [0, 0.1) is 5.92 Å². The molecular formula is C44H50ClN5O9S2. The summed E-state index contributed by atoms with van der Waals surface area (Å²) in [5, 5.41) is 21.6. The molecule has 61 heavy (non-hydrogen) atoms. The molecule has 324 valence electrons. The van der Waals surface area contributed by atoms with Gasteiger partial charge in [0.15, 0.2) is 9.84 Å². The van der Waals surface area contributed by atoms with E-state index in [1.54, 1.807) is 42.3 Å². The molecule has 2 fully saturated rings. The summed E-state index contributed by atoms with van der Waals surface area (Å²) in [5.74, 6) is -0.363. The number of rotatable bonds is 16. The Labute approximate surface area is 361 Å². The Hall–Kier alpha value is -5.00. The Balaban J connectivity index is 1.16. The van der Waals surface area contributed by atoms with Crippen molar-refractivity contribution in [2.75, 3.05) is 33.2 Å². The Morgan fingerprint density at radius 1 is 0.934 bits per heavy atom. The van der Waals surface area contributed by atoms with Crippen molar-refractivity contribution in [2.45, 2.75) is 75.1 Å². The maximum absolute atomic E-state index is 13.3. The molecule has 7 rings (SSSR count). The van der Waals surface area contributed by atoms with Gasteiger partial charge in [0.25, 0.3) is 0 Å². The number of fused-ring (bicyclic) bond motifs is 1. The van der Waals surface area contributed by atoms with Crippen LogP contribution < -0.4 is 19.6 Å². The van der Waals surface area contributed by atoms with Crippen molar-refractivity contribution in [3.05, 3.63) is 94.6 Å². The number of sulfone groups is 1. The number of carbonyl (C=O) groups excluding carboxylic acids is 1. The van der Waals surface area contributed by atoms with Crippen molar-refractivity contribution in [1.82, 2.24) is 25.3 Å². The second-order valence-electron chi connectivity index (χ2n) is 16.1. The lowest BCUT2D eigenvalue weighted by Gasteiger charge is -2.33. The van der Waals surface area contributed by atoms with Crippen LogP contribution in [-0.4, -0.2) is 93.8 Å². The first kappa shape index (κ1) is 44.1. The van der Waals surface area contributed by atoms with Gasteiger partial charge in [0.1, 0.15) is 11.5 Å². The molecule has 0 radical (unpaired) electrons. The Morgan fingerprint density at radius 2 is 1.66 bits per heavy atom. The number of hydrogen-bond acceptors (Lipinski definition) is 11. The zero-order valence-corrected chi connectivity index (χ0v) is 36.9. The number of carboxylic acid groups (broad SMARTS) is 1. The van der Waals surface area contributed by atoms with Crippen molar-refractivity contribution in [3.8, 4) is 33.8 Å². The molecule has 3 N–H and O–H groups in total. The fraction of sp³-hybridized carbons (Fsp3) is 0.386. The van der Waals surface area contributed by atoms with Crippen LogP contribution in [0.15, 0.2) is 77.8 Å². The maximum Gasteiger partial charge on any atom is 0.306 e. The average molecular weight is 892 g/mol. The van der Waals surface area contributed by atoms with Gasteiger partial charge < -0.3 is 24.7 Å². The first-order chi connectivity index (χ1) is 29.0. The Morgan fingerprint density at radius 3 is 2.33 bits per heavy atom. The largest absolute Gasteiger partial charge is 0.496 e. The Bertz CT molecular complexity index is 2700. The summed E-state index contributed by atoms with van der Waals surface area (Å²) in [4.78, 5) is 25.4. The van der Waals surface area contributed by atoms with Gasteiger partial charge in [-0.25, -0.2) is 8.42 Å². The third kappa shape index (κ3) is 10.2. The maximum atomic E-state index is 13.3. The van der Waals surface area contributed by atoms with Crippen LogP contribution in [0.4, 0.5) is 0 Å². The van der Waals surface area contributed by atoms with Gasteiger partial charge in [-0.1, -0.05) is 54.1 Å². The predicted octanol–water partition coefficient (Wildman–Crippen LogP) is 6.27. The summed E-state index contributed by atoms with van der Waals surface area (Å²) in [6, 6.07) is 20.3. The van der Waals surface area contributed by atoms with E-state index in [2.05, 4.69) is 15.5 Å². The fourth-order valence-electron chi connectivity index (χ4n) is 8.50. The normalized spacial score (nSPS) is 18.4. The third-order valence-electron chi connectivity index (χ3n) is 11.7. The van der Waals surface area contributed by atoms with Crippen LogP contribution in [0.25, 0.3) is 33.2 Å². The molecule has 0 unspecified atom stereocenters. The van der Waals surface area contributed by atoms with Crippen LogP contribution in [-0.2, 0) is 49.2 Å². The predicted molar refractivity (Wildman–Crippen MR) is 234 cm³/mol. The molecule has 2 heterocycles. The number of halogens is 1. The number of methoxy groups -OCH3 is 1. The highest BCUT2D eigenvalue weighted by Crippen LogP contribution is 2.41. The van der Waals surface area contributed by atoms with E-state index >= 15 is 0 Å². The van der Waals surface area contributed by atoms with Crippen molar-refractivity contribution >= 4 is 54.3 Å². The van der Waals surface area contributed by atoms with E-state index in [4.69, 9.17) is 25.6 Å². The van der Waals surface area contributed by atoms with Crippen molar-refractivity contribution in [1.29, 1.82) is 0 Å². The van der Waals surface area contributed by atoms with Gasteiger partial charge in [0.05, 0.1) is 47.5 Å². The van der Waals surface area contributed by atoms with E-state index in [-0.39, 0.29) is 41.1 Å². The van der Waals surface area contributed by atoms with E-state index in [1.165, 1.54) is 6.26 Å². The topological polar surface area (TPSA) is 186 Å². The summed E-state index contributed by atoms with van der Waals surface area (Å²) in [5.41, 5.74) is 5.39. The number of ether oxygens (including phenoxy) is 1. The van der Waals surface area contributed by atoms with Crippen LogP contribution in [0.3, 0.4) is 0 Å². The number of carboxylic acids is 1. The quantitative estimate of drug-likeness (QED) is 0.0946. The zero-order chi connectivity index (χ0) is 43.6. The van der Waals surface area contributed by atoms with Crippen molar-refractivity contribution in [3.63, 3.8) is 0 Å². The summed E-state index contributed by atoms with van der Waals surface area (Å²) >= 11 is 7.19. The first-order valence-corrected chi connectivity index (χ1v) is 24.2. The standard InChI is InChI=1S/C44H50ClN5O9S2/c1-49(33-16-13-27(14-17-33)44(52)53)25-30-21-41(60(3,54)55)31(20-39(30)58-2)26-50-38-10-6-8-35(37(38)24-47-50)36-9-5-7-34(43(36)45)28-11-12-29(40(19-28)59-61(4,56)57)22-46-23-32-15-18-42(51)48-32/h5-12,19-21,24,27,32-33,46H,13-18,22-23,25-26H2,1-4H3,(H,48,51)(H,52,53)/t27?,32-,33?/m0/s1. The molecule has 2 aliphatic rings. The van der Waals surface area contributed by atoms with E-state index < -0.39 is 25.9 Å². The molecule has 1 saturated carbocycles. The van der Waals surface area contributed by atoms with Crippen molar-refractivity contribution < 1.29 is 40.5 Å². The van der Waals surface area contributed by atoms with Crippen LogP contribution in [0.2, 0.25) is 5.02 Å². The van der Waals surface area contributed by atoms with Crippen LogP contribution in [0.5, 0.6) is 11.5 Å². The van der Waals surface area contributed by atoms with E-state index in [1.807, 2.05) is 49.5 Å². The molecule has 4 aromatic carbocycles. The highest BCUT2D eigenvalue weighted by atomic mass is 35.5. The summed E-state index contributed by atoms with van der Waals surface area (Å²) in [7, 11) is -4.03. The molecule has 5 aromatic rings. The SMILES string of the molecule is COc1cc(Cn2ncc3c(-c4cccc(-c5ccc(CNC[C@@H]6CCC(=O)N6)c(OS(C)(=O)=O)c5)c4Cl)cccc32)c(S(C)(=O)=O)cc1CN(C)C1CCC(C(=O)O)CC1. The number of aromatic nitrogens is 2. The van der Waals surface area contributed by atoms with E-state index in [0.717, 1.165) is 42.0 Å². The second-order valence-corrected chi connectivity index (χ2v) is 20.0. The third-order valence-corrected chi connectivity index (χ3v) is 13.7. The number of benzene rings is 4. The Kier molecular flexibility index (Phi) is 13.1. The minimum atomic E-state index is -3.87. The first-order valence-electron chi connectivity index (χ1n) is 20.1. The molecule has 0 spiro atoms. The summed E-state index contributed by atoms with van der Waals surface area (Å²) < 4.78 is 64.3. The molecule has 1 aliphatic carbocycles. The molecule has 1 aromatic heterocycles. The number of nitrogens with zero attached hydrogens (tertiary/aromatic N) is 3. The fourth-order valence-corrected chi connectivity index (χ4v) is 10.3. The molecule has 1 saturated heterocycles. The smallest absolute Gasteiger partial charge is 0.306 e. The number of nitrogens with one attached hydrogen (secondary N) is 2. The van der Waals surface area contributed by atoms with Gasteiger partial charge in [-0.3, -0.25) is 19.2 Å². The molecule has 1 atom stereocenters. The zero-order valence-electron chi connectivity index (χ0n) is 34.5. The van der Waals surface area contributed by atoms with Crippen LogP contribution in [0.1, 0.15) is 55.2 Å². The lowest BCUT2D eigenvalue weighted by molar-refractivity contribution is -0.143. The number of amides is 1. The van der Waals surface area contributed by atoms with Gasteiger partial charge >= 0.3 is 16.1 Å². The molecule has 14 nitrogen and oxygen atoms in total. The lowest BCUT2D eigenvalue weighted by Crippen LogP contribution is -2.36. The lowest BCUT2D eigenvalue weighted by atomic mass is 9.85. The van der Waals surface area contributed by atoms with E-state index in [0.29, 0.717) is 83.0 Å². The highest BCUT2D eigenvalue weighted by Gasteiger charge is 2.29. The van der Waals surface area contributed by atoms with Gasteiger partial charge in [-0.05, 0) is 80.1 Å². The van der Waals surface area contributed by atoms with E-state index in [9.17, 15) is 31.5 Å². The molecular weight excluding hydrogens is 842 g/mol. The molecule has 17 heteroatoms. The van der Waals surface area contributed by atoms with Crippen molar-refractivity contribution in [2.24, 2.45) is 5.92 Å². The minimum Gasteiger partial charge on any atom is -0.496 e. The van der Waals surface area contributed by atoms with Gasteiger partial charge in [-0.15, -0.1) is 0 Å². The molecule has 1 aliphatic heterocycles. The van der Waals surface area contributed by atoms with Gasteiger partial charge in [0.2, 0.25) is 5.91 Å². The number of aliphatic carboxylic acids is 1. The summed E-state index contributed by atoms with van der Waals surface area (Å²) in [6.45, 7) is 1.40. The van der Waals surface area contributed by atoms with Gasteiger partial charge in [-0.2, -0.15) is 13.5 Å².